The number of amides is 1. The minimum absolute atomic E-state index is 0.0658. The third-order valence-corrected chi connectivity index (χ3v) is 5.00. The molecule has 0 unspecified atom stereocenters. The Bertz CT molecular complexity index is 546. The van der Waals surface area contributed by atoms with Crippen molar-refractivity contribution in [3.05, 3.63) is 28.7 Å². The average molecular weight is 388 g/mol. The predicted molar refractivity (Wildman–Crippen MR) is 88.0 cm³/mol. The average Bonchev–Trinajstić information content (AvgIpc) is 2.45. The fourth-order valence-electron chi connectivity index (χ4n) is 2.44. The number of ether oxygens (including phenoxy) is 1. The standard InChI is InChI=1S/C15H18BrNO4S/c16-11-2-1-3-12(8-11)22-10-13(18)17-15(9-14(19)20)4-6-21-7-5-15/h1-3,8H,4-7,9-10H2,(H,17,18)(H,19,20). The van der Waals surface area contributed by atoms with Gasteiger partial charge >= 0.3 is 5.97 Å². The van der Waals surface area contributed by atoms with E-state index in [-0.39, 0.29) is 18.1 Å². The van der Waals surface area contributed by atoms with E-state index in [4.69, 9.17) is 9.84 Å². The van der Waals surface area contributed by atoms with Crippen LogP contribution in [0.3, 0.4) is 0 Å². The number of carboxylic acid groups (broad SMARTS) is 1. The maximum atomic E-state index is 12.2. The first-order chi connectivity index (χ1) is 10.5. The summed E-state index contributed by atoms with van der Waals surface area (Å²) in [7, 11) is 0. The Labute approximate surface area is 141 Å². The fraction of sp³-hybridized carbons (Fsp3) is 0.467. The highest BCUT2D eigenvalue weighted by Gasteiger charge is 2.36. The van der Waals surface area contributed by atoms with Crippen LogP contribution < -0.4 is 5.32 Å². The summed E-state index contributed by atoms with van der Waals surface area (Å²) < 4.78 is 6.24. The van der Waals surface area contributed by atoms with Crippen LogP contribution in [0.25, 0.3) is 0 Å². The first kappa shape index (κ1) is 17.3. The number of carboxylic acids is 1. The molecule has 5 nitrogen and oxygen atoms in total. The summed E-state index contributed by atoms with van der Waals surface area (Å²) >= 11 is 4.82. The van der Waals surface area contributed by atoms with Gasteiger partial charge in [0.1, 0.15) is 0 Å². The second-order valence-corrected chi connectivity index (χ2v) is 7.22. The molecule has 1 heterocycles. The molecule has 1 amide bonds. The normalized spacial score (nSPS) is 17.0. The van der Waals surface area contributed by atoms with Gasteiger partial charge in [-0.2, -0.15) is 0 Å². The molecule has 0 bridgehead atoms. The summed E-state index contributed by atoms with van der Waals surface area (Å²) in [6.07, 6.45) is 1.00. The number of thioether (sulfide) groups is 1. The first-order valence-corrected chi connectivity index (χ1v) is 8.76. The minimum Gasteiger partial charge on any atom is -0.481 e. The van der Waals surface area contributed by atoms with E-state index in [1.165, 1.54) is 11.8 Å². The Morgan fingerprint density at radius 3 is 2.73 bits per heavy atom. The monoisotopic (exact) mass is 387 g/mol. The highest BCUT2D eigenvalue weighted by Crippen LogP contribution is 2.26. The molecule has 0 atom stereocenters. The summed E-state index contributed by atoms with van der Waals surface area (Å²) in [5, 5.41) is 12.0. The third kappa shape index (κ3) is 5.30. The van der Waals surface area contributed by atoms with E-state index in [2.05, 4.69) is 21.2 Å². The zero-order valence-electron chi connectivity index (χ0n) is 12.0. The number of carbonyl (C=O) groups is 2. The quantitative estimate of drug-likeness (QED) is 0.733. The molecular formula is C15H18BrNO4S. The lowest BCUT2D eigenvalue weighted by molar-refractivity contribution is -0.140. The zero-order valence-corrected chi connectivity index (χ0v) is 14.4. The van der Waals surface area contributed by atoms with Crippen LogP contribution in [0, 0.1) is 0 Å². The highest BCUT2D eigenvalue weighted by atomic mass is 79.9. The van der Waals surface area contributed by atoms with Crippen LogP contribution >= 0.6 is 27.7 Å². The molecule has 1 aliphatic rings. The van der Waals surface area contributed by atoms with Gasteiger partial charge in [-0.1, -0.05) is 22.0 Å². The van der Waals surface area contributed by atoms with Gasteiger partial charge in [-0.05, 0) is 31.0 Å². The molecule has 0 saturated carbocycles. The van der Waals surface area contributed by atoms with Gasteiger partial charge in [0.05, 0.1) is 17.7 Å². The van der Waals surface area contributed by atoms with E-state index in [9.17, 15) is 9.59 Å². The van der Waals surface area contributed by atoms with Crippen molar-refractivity contribution in [3.8, 4) is 0 Å². The highest BCUT2D eigenvalue weighted by molar-refractivity contribution is 9.10. The molecular weight excluding hydrogens is 370 g/mol. The molecule has 0 aliphatic carbocycles. The molecule has 0 aromatic heterocycles. The molecule has 1 aromatic carbocycles. The molecule has 1 saturated heterocycles. The molecule has 1 fully saturated rings. The molecule has 2 rings (SSSR count). The molecule has 0 radical (unpaired) electrons. The zero-order chi connectivity index (χ0) is 16.0. The van der Waals surface area contributed by atoms with Gasteiger partial charge in [0.25, 0.3) is 0 Å². The van der Waals surface area contributed by atoms with Crippen LogP contribution in [0.2, 0.25) is 0 Å². The number of hydrogen-bond donors (Lipinski definition) is 2. The summed E-state index contributed by atoms with van der Waals surface area (Å²) in [6, 6.07) is 7.71. The van der Waals surface area contributed by atoms with Gasteiger partial charge in [0, 0.05) is 22.6 Å². The number of nitrogens with one attached hydrogen (secondary N) is 1. The van der Waals surface area contributed by atoms with Gasteiger partial charge in [0.2, 0.25) is 5.91 Å². The minimum atomic E-state index is -0.901. The Morgan fingerprint density at radius 2 is 2.09 bits per heavy atom. The van der Waals surface area contributed by atoms with E-state index in [0.717, 1.165) is 9.37 Å². The Balaban J connectivity index is 1.92. The number of benzene rings is 1. The maximum Gasteiger partial charge on any atom is 0.305 e. The molecule has 7 heteroatoms. The van der Waals surface area contributed by atoms with Gasteiger partial charge in [-0.15, -0.1) is 11.8 Å². The number of hydrogen-bond acceptors (Lipinski definition) is 4. The fourth-order valence-corrected chi connectivity index (χ4v) is 3.74. The Hall–Kier alpha value is -1.05. The van der Waals surface area contributed by atoms with E-state index >= 15 is 0 Å². The number of carbonyl (C=O) groups excluding carboxylic acids is 1. The first-order valence-electron chi connectivity index (χ1n) is 6.98. The van der Waals surface area contributed by atoms with Crippen molar-refractivity contribution in [1.82, 2.24) is 5.32 Å². The Kier molecular flexibility index (Phi) is 6.28. The van der Waals surface area contributed by atoms with Crippen molar-refractivity contribution in [2.45, 2.75) is 29.7 Å². The van der Waals surface area contributed by atoms with Crippen LogP contribution in [0.4, 0.5) is 0 Å². The number of halogens is 1. The van der Waals surface area contributed by atoms with Gasteiger partial charge in [-0.25, -0.2) is 0 Å². The lowest BCUT2D eigenvalue weighted by atomic mass is 9.86. The molecule has 120 valence electrons. The SMILES string of the molecule is O=C(O)CC1(NC(=O)CSc2cccc(Br)c2)CCOCC1. The predicted octanol–water partition coefficient (Wildman–Crippen LogP) is 2.68. The topological polar surface area (TPSA) is 75.6 Å². The second-order valence-electron chi connectivity index (χ2n) is 5.26. The van der Waals surface area contributed by atoms with Crippen LogP contribution in [0.5, 0.6) is 0 Å². The van der Waals surface area contributed by atoms with Crippen molar-refractivity contribution in [1.29, 1.82) is 0 Å². The van der Waals surface area contributed by atoms with Crippen molar-refractivity contribution < 1.29 is 19.4 Å². The van der Waals surface area contributed by atoms with E-state index in [0.29, 0.717) is 26.1 Å². The molecule has 0 spiro atoms. The van der Waals surface area contributed by atoms with Crippen LogP contribution in [0.1, 0.15) is 19.3 Å². The second kappa shape index (κ2) is 7.99. The van der Waals surface area contributed by atoms with Crippen molar-refractivity contribution in [2.24, 2.45) is 0 Å². The molecule has 1 aromatic rings. The van der Waals surface area contributed by atoms with E-state index in [1.807, 2.05) is 24.3 Å². The van der Waals surface area contributed by atoms with Crippen molar-refractivity contribution in [3.63, 3.8) is 0 Å². The van der Waals surface area contributed by atoms with Crippen molar-refractivity contribution in [2.75, 3.05) is 19.0 Å². The summed E-state index contributed by atoms with van der Waals surface area (Å²) in [4.78, 5) is 24.2. The number of aliphatic carboxylic acids is 1. The lowest BCUT2D eigenvalue weighted by Gasteiger charge is -2.36. The van der Waals surface area contributed by atoms with Crippen LogP contribution in [0.15, 0.2) is 33.6 Å². The van der Waals surface area contributed by atoms with E-state index < -0.39 is 11.5 Å². The third-order valence-electron chi connectivity index (χ3n) is 3.51. The molecule has 1 aliphatic heterocycles. The lowest BCUT2D eigenvalue weighted by Crippen LogP contribution is -2.53. The summed E-state index contributed by atoms with van der Waals surface area (Å²) in [6.45, 7) is 0.957. The summed E-state index contributed by atoms with van der Waals surface area (Å²) in [5.41, 5.74) is -0.682. The van der Waals surface area contributed by atoms with Crippen LogP contribution in [-0.4, -0.2) is 41.5 Å². The smallest absolute Gasteiger partial charge is 0.305 e. The maximum absolute atomic E-state index is 12.2. The van der Waals surface area contributed by atoms with Gasteiger partial charge in [0.15, 0.2) is 0 Å². The molecule has 2 N–H and O–H groups in total. The number of rotatable bonds is 6. The molecule has 22 heavy (non-hydrogen) atoms. The van der Waals surface area contributed by atoms with E-state index in [1.54, 1.807) is 0 Å². The van der Waals surface area contributed by atoms with Gasteiger partial charge < -0.3 is 15.2 Å². The van der Waals surface area contributed by atoms with Crippen LogP contribution in [-0.2, 0) is 14.3 Å². The Morgan fingerprint density at radius 1 is 1.36 bits per heavy atom. The summed E-state index contributed by atoms with van der Waals surface area (Å²) in [5.74, 6) is -0.784. The largest absolute Gasteiger partial charge is 0.481 e. The van der Waals surface area contributed by atoms with Crippen molar-refractivity contribution >= 4 is 39.6 Å². The van der Waals surface area contributed by atoms with Gasteiger partial charge in [-0.3, -0.25) is 9.59 Å².